The summed E-state index contributed by atoms with van der Waals surface area (Å²) >= 11 is 1.53. The van der Waals surface area contributed by atoms with Crippen molar-refractivity contribution in [3.8, 4) is 0 Å². The maximum Gasteiger partial charge on any atom is 0.328 e. The number of hydrogen-bond donors (Lipinski definition) is 1. The summed E-state index contributed by atoms with van der Waals surface area (Å²) in [7, 11) is 1.27. The van der Waals surface area contributed by atoms with Crippen molar-refractivity contribution < 1.29 is 19.1 Å². The molecule has 7 heteroatoms. The maximum absolute atomic E-state index is 12.3. The maximum atomic E-state index is 12.3. The van der Waals surface area contributed by atoms with E-state index in [4.69, 9.17) is 0 Å². The lowest BCUT2D eigenvalue weighted by molar-refractivity contribution is -0.147. The highest BCUT2D eigenvalue weighted by Gasteiger charge is 2.39. The Labute approximate surface area is 123 Å². The van der Waals surface area contributed by atoms with Crippen LogP contribution in [-0.4, -0.2) is 53.5 Å². The quantitative estimate of drug-likeness (QED) is 0.773. The van der Waals surface area contributed by atoms with Crippen LogP contribution in [0.2, 0.25) is 0 Å². The highest BCUT2D eigenvalue weighted by Crippen LogP contribution is 2.27. The molecule has 1 rings (SSSR count). The van der Waals surface area contributed by atoms with Crippen molar-refractivity contribution >= 4 is 29.5 Å². The number of rotatable bonds is 3. The standard InChI is InChI=1S/C13H22N2O4S/c1-8(11(17)19-5)14-10(16)9-6-20-7-15(9)12(18)13(2,3)4/h8-9H,6-7H2,1-5H3,(H,14,16)/t8-,9-/m0/s1. The minimum Gasteiger partial charge on any atom is -0.467 e. The molecule has 0 saturated carbocycles. The lowest BCUT2D eigenvalue weighted by atomic mass is 9.94. The Morgan fingerprint density at radius 3 is 2.45 bits per heavy atom. The number of thioether (sulfide) groups is 1. The Bertz CT molecular complexity index is 406. The monoisotopic (exact) mass is 302 g/mol. The Hall–Kier alpha value is -1.24. The van der Waals surface area contributed by atoms with Gasteiger partial charge in [-0.1, -0.05) is 20.8 Å². The number of carbonyl (C=O) groups is 3. The highest BCUT2D eigenvalue weighted by molar-refractivity contribution is 7.99. The molecule has 2 amide bonds. The van der Waals surface area contributed by atoms with Crippen LogP contribution in [0.5, 0.6) is 0 Å². The minimum atomic E-state index is -0.718. The van der Waals surface area contributed by atoms with Gasteiger partial charge in [0, 0.05) is 11.2 Å². The summed E-state index contributed by atoms with van der Waals surface area (Å²) in [5, 5.41) is 2.59. The van der Waals surface area contributed by atoms with Crippen LogP contribution >= 0.6 is 11.8 Å². The van der Waals surface area contributed by atoms with Gasteiger partial charge in [0.2, 0.25) is 11.8 Å². The van der Waals surface area contributed by atoms with Gasteiger partial charge in [-0.3, -0.25) is 9.59 Å². The fraction of sp³-hybridized carbons (Fsp3) is 0.769. The Kier molecular flexibility index (Phi) is 5.44. The summed E-state index contributed by atoms with van der Waals surface area (Å²) in [6.07, 6.45) is 0. The fourth-order valence-electron chi connectivity index (χ4n) is 1.84. The van der Waals surface area contributed by atoms with Crippen molar-refractivity contribution in [2.24, 2.45) is 5.41 Å². The number of methoxy groups -OCH3 is 1. The van der Waals surface area contributed by atoms with Crippen LogP contribution in [0, 0.1) is 5.41 Å². The molecule has 2 atom stereocenters. The van der Waals surface area contributed by atoms with Crippen molar-refractivity contribution in [1.29, 1.82) is 0 Å². The second-order valence-corrected chi connectivity index (χ2v) is 6.79. The Morgan fingerprint density at radius 2 is 1.95 bits per heavy atom. The van der Waals surface area contributed by atoms with Crippen LogP contribution in [0.25, 0.3) is 0 Å². The van der Waals surface area contributed by atoms with Crippen LogP contribution < -0.4 is 5.32 Å². The van der Waals surface area contributed by atoms with Gasteiger partial charge in [-0.05, 0) is 6.92 Å². The van der Waals surface area contributed by atoms with Gasteiger partial charge < -0.3 is 15.0 Å². The van der Waals surface area contributed by atoms with E-state index in [-0.39, 0.29) is 11.8 Å². The Balaban J connectivity index is 2.72. The first-order chi connectivity index (χ1) is 9.18. The molecule has 1 fully saturated rings. The molecule has 0 radical (unpaired) electrons. The molecule has 0 aromatic heterocycles. The van der Waals surface area contributed by atoms with E-state index in [2.05, 4.69) is 10.1 Å². The number of nitrogens with zero attached hydrogens (tertiary/aromatic N) is 1. The highest BCUT2D eigenvalue weighted by atomic mass is 32.2. The van der Waals surface area contributed by atoms with Gasteiger partial charge in [0.1, 0.15) is 12.1 Å². The van der Waals surface area contributed by atoms with E-state index < -0.39 is 23.5 Å². The van der Waals surface area contributed by atoms with E-state index in [1.807, 2.05) is 20.8 Å². The first-order valence-electron chi connectivity index (χ1n) is 6.45. The van der Waals surface area contributed by atoms with Crippen LogP contribution in [-0.2, 0) is 19.1 Å². The molecule has 0 bridgehead atoms. The molecule has 1 N–H and O–H groups in total. The molecule has 6 nitrogen and oxygen atoms in total. The van der Waals surface area contributed by atoms with Gasteiger partial charge in [-0.15, -0.1) is 11.8 Å². The first kappa shape index (κ1) is 16.8. The zero-order chi connectivity index (χ0) is 15.5. The summed E-state index contributed by atoms with van der Waals surface area (Å²) in [6, 6.07) is -1.25. The molecular formula is C13H22N2O4S. The molecule has 114 valence electrons. The lowest BCUT2D eigenvalue weighted by Gasteiger charge is -2.29. The molecule has 0 aliphatic carbocycles. The van der Waals surface area contributed by atoms with Gasteiger partial charge in [0.05, 0.1) is 13.0 Å². The van der Waals surface area contributed by atoms with Crippen LogP contribution in [0.3, 0.4) is 0 Å². The van der Waals surface area contributed by atoms with Gasteiger partial charge in [-0.2, -0.15) is 0 Å². The zero-order valence-corrected chi connectivity index (χ0v) is 13.4. The van der Waals surface area contributed by atoms with Crippen molar-refractivity contribution in [2.45, 2.75) is 39.8 Å². The summed E-state index contributed by atoms with van der Waals surface area (Å²) in [4.78, 5) is 37.4. The molecule has 0 aromatic carbocycles. The van der Waals surface area contributed by atoms with Gasteiger partial charge in [0.25, 0.3) is 0 Å². The van der Waals surface area contributed by atoms with Crippen LogP contribution in [0.4, 0.5) is 0 Å². The molecule has 20 heavy (non-hydrogen) atoms. The predicted molar refractivity (Wildman–Crippen MR) is 77.0 cm³/mol. The van der Waals surface area contributed by atoms with E-state index in [0.717, 1.165) is 0 Å². The molecule has 0 aromatic rings. The third-order valence-electron chi connectivity index (χ3n) is 3.00. The molecule has 0 unspecified atom stereocenters. The normalized spacial score (nSPS) is 20.4. The molecule has 1 saturated heterocycles. The third-order valence-corrected chi connectivity index (χ3v) is 4.01. The fourth-order valence-corrected chi connectivity index (χ4v) is 2.99. The summed E-state index contributed by atoms with van der Waals surface area (Å²) in [5.41, 5.74) is -0.530. The number of ether oxygens (including phenoxy) is 1. The second kappa shape index (κ2) is 6.47. The van der Waals surface area contributed by atoms with Gasteiger partial charge in [-0.25, -0.2) is 4.79 Å². The van der Waals surface area contributed by atoms with Gasteiger partial charge >= 0.3 is 5.97 Å². The number of amides is 2. The average Bonchev–Trinajstić information content (AvgIpc) is 2.84. The average molecular weight is 302 g/mol. The van der Waals surface area contributed by atoms with Crippen molar-refractivity contribution in [3.63, 3.8) is 0 Å². The Morgan fingerprint density at radius 1 is 1.35 bits per heavy atom. The molecular weight excluding hydrogens is 280 g/mol. The van der Waals surface area contributed by atoms with Crippen LogP contribution in [0.15, 0.2) is 0 Å². The first-order valence-corrected chi connectivity index (χ1v) is 7.61. The van der Waals surface area contributed by atoms with Crippen molar-refractivity contribution in [3.05, 3.63) is 0 Å². The molecule has 1 aliphatic rings. The lowest BCUT2D eigenvalue weighted by Crippen LogP contribution is -2.53. The number of nitrogens with one attached hydrogen (secondary N) is 1. The largest absolute Gasteiger partial charge is 0.467 e. The minimum absolute atomic E-state index is 0.0617. The van der Waals surface area contributed by atoms with Gasteiger partial charge in [0.15, 0.2) is 0 Å². The van der Waals surface area contributed by atoms with E-state index in [1.54, 1.807) is 11.8 Å². The van der Waals surface area contributed by atoms with Crippen LogP contribution in [0.1, 0.15) is 27.7 Å². The molecule has 0 spiro atoms. The smallest absolute Gasteiger partial charge is 0.328 e. The van der Waals surface area contributed by atoms with E-state index >= 15 is 0 Å². The summed E-state index contributed by atoms with van der Waals surface area (Å²) in [6.45, 7) is 7.03. The molecule has 1 heterocycles. The van der Waals surface area contributed by atoms with E-state index in [0.29, 0.717) is 11.6 Å². The van der Waals surface area contributed by atoms with Crippen molar-refractivity contribution in [2.75, 3.05) is 18.7 Å². The predicted octanol–water partition coefficient (Wildman–Crippen LogP) is 0.612. The van der Waals surface area contributed by atoms with Crippen molar-refractivity contribution in [1.82, 2.24) is 10.2 Å². The third kappa shape index (κ3) is 3.88. The number of esters is 1. The van der Waals surface area contributed by atoms with E-state index in [9.17, 15) is 14.4 Å². The SMILES string of the molecule is COC(=O)[C@H](C)NC(=O)[C@@H]1CSCN1C(=O)C(C)(C)C. The number of carbonyl (C=O) groups excluding carboxylic acids is 3. The summed E-state index contributed by atoms with van der Waals surface area (Å²) in [5.74, 6) is 0.166. The summed E-state index contributed by atoms with van der Waals surface area (Å²) < 4.78 is 4.56. The second-order valence-electron chi connectivity index (χ2n) is 5.79. The van der Waals surface area contributed by atoms with E-state index in [1.165, 1.54) is 18.9 Å². The molecule has 1 aliphatic heterocycles. The zero-order valence-electron chi connectivity index (χ0n) is 12.6. The number of hydrogen-bond acceptors (Lipinski definition) is 5. The topological polar surface area (TPSA) is 75.7 Å².